The number of carbonyl (C=O) groups is 1. The minimum Gasteiger partial charge on any atom is -0.406 e. The topological polar surface area (TPSA) is 69.3 Å². The van der Waals surface area contributed by atoms with E-state index in [1.54, 1.807) is 12.1 Å². The van der Waals surface area contributed by atoms with Gasteiger partial charge in [0.05, 0.1) is 5.69 Å². The van der Waals surface area contributed by atoms with Gasteiger partial charge in [0.2, 0.25) is 0 Å². The Morgan fingerprint density at radius 1 is 1.03 bits per heavy atom. The summed E-state index contributed by atoms with van der Waals surface area (Å²) in [5.74, 6) is -0.500. The van der Waals surface area contributed by atoms with Gasteiger partial charge >= 0.3 is 6.36 Å². The lowest BCUT2D eigenvalue weighted by molar-refractivity contribution is -0.274. The zero-order chi connectivity index (χ0) is 23.7. The van der Waals surface area contributed by atoms with Crippen molar-refractivity contribution in [1.29, 1.82) is 0 Å². The number of halogens is 3. The van der Waals surface area contributed by atoms with Crippen LogP contribution < -0.4 is 15.8 Å². The monoisotopic (exact) mass is 447 g/mol. The van der Waals surface area contributed by atoms with E-state index >= 15 is 0 Å². The van der Waals surface area contributed by atoms with Gasteiger partial charge in [-0.1, -0.05) is 63.2 Å². The maximum Gasteiger partial charge on any atom is 0.573 e. The van der Waals surface area contributed by atoms with Crippen LogP contribution in [0.15, 0.2) is 60.7 Å². The molecule has 4 rings (SSSR count). The van der Waals surface area contributed by atoms with E-state index in [0.717, 1.165) is 17.8 Å². The summed E-state index contributed by atoms with van der Waals surface area (Å²) in [4.78, 5) is 12.3. The van der Waals surface area contributed by atoms with E-state index in [0.29, 0.717) is 29.9 Å². The van der Waals surface area contributed by atoms with E-state index < -0.39 is 6.36 Å². The molecular weight excluding hydrogens is 419 g/mol. The van der Waals surface area contributed by atoms with Gasteiger partial charge in [0.25, 0.3) is 5.91 Å². The number of nitrogens with zero attached hydrogens (tertiary/aromatic N) is 1. The van der Waals surface area contributed by atoms with E-state index in [2.05, 4.69) is 10.1 Å². The molecule has 0 radical (unpaired) electrons. The largest absolute Gasteiger partial charge is 0.573 e. The lowest BCUT2D eigenvalue weighted by Crippen LogP contribution is -2.35. The number of amides is 1. The predicted molar refractivity (Wildman–Crippen MR) is 120 cm³/mol. The molecule has 0 spiro atoms. The normalized spacial score (nSPS) is 12.4. The maximum absolute atomic E-state index is 12.6. The molecule has 0 saturated carbocycles. The molecule has 5 nitrogen and oxygen atoms in total. The molecule has 172 valence electrons. The van der Waals surface area contributed by atoms with Crippen LogP contribution in [-0.4, -0.2) is 29.9 Å². The van der Waals surface area contributed by atoms with Gasteiger partial charge in [-0.2, -0.15) is 0 Å². The highest BCUT2D eigenvalue weighted by Gasteiger charge is 2.31. The summed E-state index contributed by atoms with van der Waals surface area (Å²) in [5.41, 5.74) is 8.24. The second kappa shape index (κ2) is 11.4. The Morgan fingerprint density at radius 2 is 1.66 bits per heavy atom. The number of benzene rings is 2. The zero-order valence-corrected chi connectivity index (χ0v) is 18.4. The van der Waals surface area contributed by atoms with Crippen molar-refractivity contribution in [3.8, 4) is 28.1 Å². The Balaban J connectivity index is 0.000000671. The van der Waals surface area contributed by atoms with Gasteiger partial charge in [-0.05, 0) is 35.9 Å². The number of nitrogens with one attached hydrogen (secondary N) is 1. The minimum absolute atomic E-state index is 0.202. The summed E-state index contributed by atoms with van der Waals surface area (Å²) in [6, 6.07) is 17.0. The second-order valence-corrected chi connectivity index (χ2v) is 6.55. The van der Waals surface area contributed by atoms with Crippen LogP contribution in [0.4, 0.5) is 13.2 Å². The van der Waals surface area contributed by atoms with Crippen LogP contribution in [0.3, 0.4) is 0 Å². The number of aromatic nitrogens is 1. The summed E-state index contributed by atoms with van der Waals surface area (Å²) in [6.07, 6.45) is -4.76. The maximum atomic E-state index is 12.6. The third kappa shape index (κ3) is 6.13. The highest BCUT2D eigenvalue weighted by Crippen LogP contribution is 2.37. The zero-order valence-electron chi connectivity index (χ0n) is 18.4. The molecule has 1 amide bonds. The number of hydrogen-bond donors (Lipinski definition) is 2. The fourth-order valence-corrected chi connectivity index (χ4v) is 3.33. The third-order valence-electron chi connectivity index (χ3n) is 4.38. The Morgan fingerprint density at radius 3 is 2.28 bits per heavy atom. The summed E-state index contributed by atoms with van der Waals surface area (Å²) >= 11 is 0. The summed E-state index contributed by atoms with van der Waals surface area (Å²) in [6.45, 7) is 7.74. The summed E-state index contributed by atoms with van der Waals surface area (Å²) in [7, 11) is 0. The van der Waals surface area contributed by atoms with Crippen molar-refractivity contribution in [1.82, 2.24) is 9.88 Å². The molecule has 0 unspecified atom stereocenters. The van der Waals surface area contributed by atoms with Gasteiger partial charge in [-0.25, -0.2) is 0 Å². The predicted octanol–water partition coefficient (Wildman–Crippen LogP) is 5.46. The quantitative estimate of drug-likeness (QED) is 0.561. The van der Waals surface area contributed by atoms with Gasteiger partial charge in [-0.15, -0.1) is 13.2 Å². The SMILES string of the molecule is CC.CCN.O=C1NCCn2c1cc(-c1cccc(OC(F)(F)F)c1)c2-c1ccccc1. The van der Waals surface area contributed by atoms with Crippen molar-refractivity contribution in [3.05, 3.63) is 66.4 Å². The fraction of sp³-hybridized carbons (Fsp3) is 0.292. The van der Waals surface area contributed by atoms with Gasteiger partial charge in [-0.3, -0.25) is 4.79 Å². The smallest absolute Gasteiger partial charge is 0.406 e. The molecule has 32 heavy (non-hydrogen) atoms. The average molecular weight is 448 g/mol. The van der Waals surface area contributed by atoms with E-state index in [-0.39, 0.29) is 11.7 Å². The number of nitrogens with two attached hydrogens (primary N) is 1. The molecule has 8 heteroatoms. The molecule has 0 atom stereocenters. The number of hydrogen-bond acceptors (Lipinski definition) is 3. The van der Waals surface area contributed by atoms with Gasteiger partial charge in [0.1, 0.15) is 11.4 Å². The molecule has 1 aliphatic rings. The lowest BCUT2D eigenvalue weighted by atomic mass is 10.0. The van der Waals surface area contributed by atoms with Crippen molar-refractivity contribution < 1.29 is 22.7 Å². The molecule has 3 aromatic rings. The van der Waals surface area contributed by atoms with Crippen LogP contribution in [-0.2, 0) is 6.54 Å². The van der Waals surface area contributed by atoms with Crippen molar-refractivity contribution in [2.24, 2.45) is 5.73 Å². The molecular formula is C24H28F3N3O2. The van der Waals surface area contributed by atoms with Gasteiger partial charge < -0.3 is 20.4 Å². The average Bonchev–Trinajstić information content (AvgIpc) is 3.16. The standard InChI is InChI=1S/C20H15F3N2O2.C2H7N.C2H6/c21-20(22,23)27-15-8-4-7-14(11-15)16-12-17-19(26)24-9-10-25(17)18(16)13-5-2-1-3-6-13;1-2-3;1-2/h1-8,11-12H,9-10H2,(H,24,26);2-3H2,1H3;1-2H3. The highest BCUT2D eigenvalue weighted by molar-refractivity contribution is 5.98. The molecule has 3 N–H and O–H groups in total. The number of fused-ring (bicyclic) bond motifs is 1. The number of alkyl halides is 3. The minimum atomic E-state index is -4.76. The van der Waals surface area contributed by atoms with Gasteiger partial charge in [0, 0.05) is 18.7 Å². The van der Waals surface area contributed by atoms with Crippen LogP contribution in [0, 0.1) is 0 Å². The van der Waals surface area contributed by atoms with Gasteiger partial charge in [0.15, 0.2) is 0 Å². The molecule has 0 saturated heterocycles. The molecule has 1 aliphatic heterocycles. The third-order valence-corrected chi connectivity index (χ3v) is 4.38. The number of carbonyl (C=O) groups excluding carboxylic acids is 1. The van der Waals surface area contributed by atoms with Crippen LogP contribution in [0.2, 0.25) is 0 Å². The van der Waals surface area contributed by atoms with E-state index in [1.807, 2.05) is 55.7 Å². The first-order chi connectivity index (χ1) is 15.3. The first-order valence-corrected chi connectivity index (χ1v) is 10.5. The lowest BCUT2D eigenvalue weighted by Gasteiger charge is -2.19. The molecule has 0 fully saturated rings. The van der Waals surface area contributed by atoms with Crippen molar-refractivity contribution >= 4 is 5.91 Å². The molecule has 2 heterocycles. The van der Waals surface area contributed by atoms with E-state index in [9.17, 15) is 18.0 Å². The Hall–Kier alpha value is -3.26. The Bertz CT molecular complexity index is 1020. The number of ether oxygens (including phenoxy) is 1. The Labute approximate surface area is 186 Å². The molecule has 0 bridgehead atoms. The van der Waals surface area contributed by atoms with Crippen molar-refractivity contribution in [2.45, 2.75) is 33.7 Å². The summed E-state index contributed by atoms with van der Waals surface area (Å²) in [5, 5.41) is 2.79. The van der Waals surface area contributed by atoms with Crippen LogP contribution in [0.1, 0.15) is 31.3 Å². The van der Waals surface area contributed by atoms with Crippen LogP contribution >= 0.6 is 0 Å². The first kappa shape index (κ1) is 25.0. The molecule has 1 aromatic heterocycles. The van der Waals surface area contributed by atoms with Crippen LogP contribution in [0.25, 0.3) is 22.4 Å². The Kier molecular flexibility index (Phi) is 8.90. The van der Waals surface area contributed by atoms with Crippen molar-refractivity contribution in [3.63, 3.8) is 0 Å². The number of rotatable bonds is 3. The first-order valence-electron chi connectivity index (χ1n) is 10.5. The second-order valence-electron chi connectivity index (χ2n) is 6.55. The summed E-state index contributed by atoms with van der Waals surface area (Å²) < 4.78 is 43.7. The fourth-order valence-electron chi connectivity index (χ4n) is 3.33. The molecule has 0 aliphatic carbocycles. The van der Waals surface area contributed by atoms with Crippen LogP contribution in [0.5, 0.6) is 5.75 Å². The molecule has 2 aromatic carbocycles. The van der Waals surface area contributed by atoms with E-state index in [1.165, 1.54) is 18.2 Å². The highest BCUT2D eigenvalue weighted by atomic mass is 19.4. The van der Waals surface area contributed by atoms with E-state index in [4.69, 9.17) is 5.73 Å². The van der Waals surface area contributed by atoms with Crippen molar-refractivity contribution in [2.75, 3.05) is 13.1 Å².